The van der Waals surface area contributed by atoms with Gasteiger partial charge in [0.1, 0.15) is 10.8 Å². The van der Waals surface area contributed by atoms with E-state index in [0.29, 0.717) is 0 Å². The highest BCUT2D eigenvalue weighted by atomic mass is 32.2. The molecule has 0 bridgehead atoms. The van der Waals surface area contributed by atoms with Crippen LogP contribution in [0.1, 0.15) is 0 Å². The molecule has 0 N–H and O–H groups in total. The van der Waals surface area contributed by atoms with Gasteiger partial charge in [0, 0.05) is 0 Å². The summed E-state index contributed by atoms with van der Waals surface area (Å²) in [6, 6.07) is 0. The molecule has 3 nitrogen and oxygen atoms in total. The second kappa shape index (κ2) is 7.93. The maximum Gasteiger partial charge on any atom is 0.179 e. The Bertz CT molecular complexity index is 255. The maximum absolute atomic E-state index is 10.8. The fourth-order valence-corrected chi connectivity index (χ4v) is 0.845. The Labute approximate surface area is 78.7 Å². The number of ketones is 1. The zero-order valence-electron chi connectivity index (χ0n) is 5.93. The number of nitriles is 2. The highest BCUT2D eigenvalue weighted by Crippen LogP contribution is 2.00. The summed E-state index contributed by atoms with van der Waals surface area (Å²) in [4.78, 5) is 10.8. The largest absolute Gasteiger partial charge is 0.290 e. The molecule has 0 aliphatic heterocycles. The molecule has 5 heteroatoms. The molecule has 0 rings (SSSR count). The van der Waals surface area contributed by atoms with Crippen LogP contribution in [-0.4, -0.2) is 5.78 Å². The first-order chi connectivity index (χ1) is 5.81. The molecule has 0 heterocycles. The molecule has 0 aromatic heterocycles. The van der Waals surface area contributed by atoms with Gasteiger partial charge < -0.3 is 0 Å². The quantitative estimate of drug-likeness (QED) is 0.508. The second-order valence-corrected chi connectivity index (χ2v) is 2.81. The summed E-state index contributed by atoms with van der Waals surface area (Å²) in [5, 5.41) is 22.5. The molecule has 0 aromatic rings. The third kappa shape index (κ3) is 6.94. The van der Waals surface area contributed by atoms with Crippen LogP contribution in [0.4, 0.5) is 0 Å². The number of nitrogens with zero attached hydrogens (tertiary/aromatic N) is 2. The average molecular weight is 196 g/mol. The fourth-order valence-electron chi connectivity index (χ4n) is 0.319. The molecule has 0 unspecified atom stereocenters. The number of hydrogen-bond donors (Lipinski definition) is 0. The predicted molar refractivity (Wildman–Crippen MR) is 49.7 cm³/mol. The van der Waals surface area contributed by atoms with E-state index in [9.17, 15) is 4.79 Å². The smallest absolute Gasteiger partial charge is 0.179 e. The molecule has 0 amide bonds. The van der Waals surface area contributed by atoms with Crippen LogP contribution in [0.3, 0.4) is 0 Å². The molecule has 0 fully saturated rings. The molecular formula is C7H4N2OS2. The van der Waals surface area contributed by atoms with E-state index in [-0.39, 0.29) is 5.78 Å². The Morgan fingerprint density at radius 1 is 1.08 bits per heavy atom. The van der Waals surface area contributed by atoms with Gasteiger partial charge in [-0.15, -0.1) is 0 Å². The monoisotopic (exact) mass is 196 g/mol. The van der Waals surface area contributed by atoms with Crippen LogP contribution in [0, 0.1) is 21.3 Å². The topological polar surface area (TPSA) is 64.7 Å². The minimum absolute atomic E-state index is 0.236. The lowest BCUT2D eigenvalue weighted by Crippen LogP contribution is -1.81. The van der Waals surface area contributed by atoms with Gasteiger partial charge in [-0.25, -0.2) is 0 Å². The Morgan fingerprint density at radius 2 is 1.50 bits per heavy atom. The summed E-state index contributed by atoms with van der Waals surface area (Å²) in [6.45, 7) is 0. The predicted octanol–water partition coefficient (Wildman–Crippen LogP) is 2.01. The Morgan fingerprint density at radius 3 is 1.83 bits per heavy atom. The van der Waals surface area contributed by atoms with Crippen molar-refractivity contribution in [1.82, 2.24) is 0 Å². The molecule has 0 saturated carbocycles. The lowest BCUT2D eigenvalue weighted by Gasteiger charge is -1.78. The molecule has 0 aliphatic rings. The van der Waals surface area contributed by atoms with E-state index in [2.05, 4.69) is 0 Å². The molecular weight excluding hydrogens is 192 g/mol. The number of rotatable bonds is 4. The van der Waals surface area contributed by atoms with E-state index in [1.54, 1.807) is 10.8 Å². The van der Waals surface area contributed by atoms with Crippen LogP contribution in [0.5, 0.6) is 0 Å². The van der Waals surface area contributed by atoms with Crippen molar-refractivity contribution in [3.05, 3.63) is 23.0 Å². The number of hydrogen-bond acceptors (Lipinski definition) is 5. The van der Waals surface area contributed by atoms with Crippen LogP contribution < -0.4 is 0 Å². The summed E-state index contributed by atoms with van der Waals surface area (Å²) < 4.78 is 0. The van der Waals surface area contributed by atoms with E-state index < -0.39 is 0 Å². The number of thiocyanates is 2. The highest BCUT2D eigenvalue weighted by Gasteiger charge is 1.86. The summed E-state index contributed by atoms with van der Waals surface area (Å²) >= 11 is 1.75. The number of carbonyl (C=O) groups excluding carboxylic acids is 1. The van der Waals surface area contributed by atoms with Gasteiger partial charge in [0.05, 0.1) is 0 Å². The van der Waals surface area contributed by atoms with Crippen molar-refractivity contribution in [3.8, 4) is 10.8 Å². The molecule has 0 atom stereocenters. The molecule has 0 radical (unpaired) electrons. The van der Waals surface area contributed by atoms with Crippen LogP contribution in [0.2, 0.25) is 0 Å². The standard InChI is InChI=1S/C7H4N2OS2/c8-5-11-3-1-7(10)2-4-12-6-9/h1-4H/b3-1+,4-2+. The number of thioether (sulfide) groups is 2. The molecule has 0 spiro atoms. The first-order valence-electron chi connectivity index (χ1n) is 2.78. The third-order valence-electron chi connectivity index (χ3n) is 0.706. The van der Waals surface area contributed by atoms with E-state index in [1.165, 1.54) is 23.0 Å². The molecule has 60 valence electrons. The molecule has 12 heavy (non-hydrogen) atoms. The van der Waals surface area contributed by atoms with Crippen molar-refractivity contribution in [3.63, 3.8) is 0 Å². The Hall–Kier alpha value is -1.17. The van der Waals surface area contributed by atoms with E-state index in [4.69, 9.17) is 10.5 Å². The molecule has 0 aliphatic carbocycles. The third-order valence-corrected chi connectivity index (χ3v) is 1.46. The van der Waals surface area contributed by atoms with Gasteiger partial charge in [0.2, 0.25) is 0 Å². The van der Waals surface area contributed by atoms with Gasteiger partial charge in [-0.2, -0.15) is 10.5 Å². The van der Waals surface area contributed by atoms with Gasteiger partial charge in [-0.05, 0) is 46.5 Å². The Balaban J connectivity index is 3.76. The van der Waals surface area contributed by atoms with Crippen molar-refractivity contribution < 1.29 is 4.79 Å². The summed E-state index contributed by atoms with van der Waals surface area (Å²) in [6.07, 6.45) is 2.53. The first kappa shape index (κ1) is 10.8. The Kier molecular flexibility index (Phi) is 7.16. The zero-order valence-corrected chi connectivity index (χ0v) is 7.56. The van der Waals surface area contributed by atoms with Crippen molar-refractivity contribution in [1.29, 1.82) is 10.5 Å². The summed E-state index contributed by atoms with van der Waals surface area (Å²) in [7, 11) is 0. The molecule has 0 saturated heterocycles. The van der Waals surface area contributed by atoms with Crippen molar-refractivity contribution in [2.24, 2.45) is 0 Å². The lowest BCUT2D eigenvalue weighted by atomic mass is 10.4. The number of carbonyl (C=O) groups is 1. The molecule has 0 aromatic carbocycles. The van der Waals surface area contributed by atoms with Crippen LogP contribution in [0.25, 0.3) is 0 Å². The zero-order chi connectivity index (χ0) is 9.23. The van der Waals surface area contributed by atoms with Crippen LogP contribution in [-0.2, 0) is 4.79 Å². The SMILES string of the molecule is N#CS/C=C/C(=O)/C=C/SC#N. The lowest BCUT2D eigenvalue weighted by molar-refractivity contribution is -0.110. The van der Waals surface area contributed by atoms with Crippen LogP contribution in [0.15, 0.2) is 23.0 Å². The van der Waals surface area contributed by atoms with Gasteiger partial charge in [-0.3, -0.25) is 4.79 Å². The van der Waals surface area contributed by atoms with Gasteiger partial charge in [0.25, 0.3) is 0 Å². The summed E-state index contributed by atoms with van der Waals surface area (Å²) in [5.41, 5.74) is 0. The minimum atomic E-state index is -0.236. The second-order valence-electron chi connectivity index (χ2n) is 1.43. The summed E-state index contributed by atoms with van der Waals surface area (Å²) in [5.74, 6) is -0.236. The van der Waals surface area contributed by atoms with E-state index in [0.717, 1.165) is 23.5 Å². The van der Waals surface area contributed by atoms with E-state index in [1.807, 2.05) is 0 Å². The average Bonchev–Trinajstić information content (AvgIpc) is 2.06. The highest BCUT2D eigenvalue weighted by molar-refractivity contribution is 8.06. The normalized spacial score (nSPS) is 9.83. The minimum Gasteiger partial charge on any atom is -0.290 e. The fraction of sp³-hybridized carbons (Fsp3) is 0. The van der Waals surface area contributed by atoms with Gasteiger partial charge in [-0.1, -0.05) is 0 Å². The van der Waals surface area contributed by atoms with Crippen molar-refractivity contribution >= 4 is 29.3 Å². The van der Waals surface area contributed by atoms with Gasteiger partial charge in [0.15, 0.2) is 5.78 Å². The first-order valence-corrected chi connectivity index (χ1v) is 4.53. The number of allylic oxidation sites excluding steroid dienone is 2. The van der Waals surface area contributed by atoms with Crippen molar-refractivity contribution in [2.45, 2.75) is 0 Å². The van der Waals surface area contributed by atoms with Crippen LogP contribution >= 0.6 is 23.5 Å². The van der Waals surface area contributed by atoms with Gasteiger partial charge >= 0.3 is 0 Å². The maximum atomic E-state index is 10.8. The van der Waals surface area contributed by atoms with Crippen molar-refractivity contribution in [2.75, 3.05) is 0 Å². The van der Waals surface area contributed by atoms with E-state index >= 15 is 0 Å².